The summed E-state index contributed by atoms with van der Waals surface area (Å²) in [5, 5.41) is 0. The van der Waals surface area contributed by atoms with Gasteiger partial charge in [-0.15, -0.1) is 0 Å². The summed E-state index contributed by atoms with van der Waals surface area (Å²) in [7, 11) is 3.60. The molecule has 2 nitrogen and oxygen atoms in total. The monoisotopic (exact) mass is 180 g/mol. The van der Waals surface area contributed by atoms with Gasteiger partial charge in [-0.05, 0) is 13.8 Å². The van der Waals surface area contributed by atoms with Crippen LogP contribution in [0.25, 0.3) is 0 Å². The Morgan fingerprint density at radius 1 is 1.00 bits per heavy atom. The van der Waals surface area contributed by atoms with Crippen molar-refractivity contribution in [2.75, 3.05) is 11.5 Å². The van der Waals surface area contributed by atoms with E-state index in [-0.39, 0.29) is 0 Å². The predicted molar refractivity (Wildman–Crippen MR) is 52.2 cm³/mol. The van der Waals surface area contributed by atoms with Gasteiger partial charge in [0.1, 0.15) is 0 Å². The highest BCUT2D eigenvalue weighted by Gasteiger charge is 1.96. The summed E-state index contributed by atoms with van der Waals surface area (Å²) in [5.41, 5.74) is 11.1. The van der Waals surface area contributed by atoms with Crippen molar-refractivity contribution >= 4 is 21.6 Å². The zero-order valence-corrected chi connectivity index (χ0v) is 8.17. The molecular weight excluding hydrogens is 164 g/mol. The van der Waals surface area contributed by atoms with Gasteiger partial charge in [-0.2, -0.15) is 0 Å². The molecule has 0 unspecified atom stereocenters. The lowest BCUT2D eigenvalue weighted by molar-refractivity contribution is 0.846. The van der Waals surface area contributed by atoms with Crippen LogP contribution < -0.4 is 11.5 Å². The summed E-state index contributed by atoms with van der Waals surface area (Å²) in [6.07, 6.45) is 0. The summed E-state index contributed by atoms with van der Waals surface area (Å²) in [6.45, 7) is 4.03. The van der Waals surface area contributed by atoms with Gasteiger partial charge in [0.25, 0.3) is 0 Å². The molecule has 62 valence electrons. The van der Waals surface area contributed by atoms with Crippen LogP contribution in [-0.4, -0.2) is 23.6 Å². The number of hydrogen-bond acceptors (Lipinski definition) is 4. The summed E-state index contributed by atoms with van der Waals surface area (Å²) in [5.74, 6) is 2.02. The quantitative estimate of drug-likeness (QED) is 0.491. The standard InChI is InChI=1S/C6H16N2S2/c1-5(7)3-9-10-4-6(2)8/h5-6H,3-4,7-8H2,1-2H3/t5-,6-/m1/s1. The zero-order valence-electron chi connectivity index (χ0n) is 6.54. The maximum absolute atomic E-state index is 5.54. The second-order valence-electron chi connectivity index (χ2n) is 2.52. The Labute approximate surface area is 70.9 Å². The molecule has 0 aromatic rings. The van der Waals surface area contributed by atoms with E-state index in [1.165, 1.54) is 0 Å². The van der Waals surface area contributed by atoms with Gasteiger partial charge in [-0.25, -0.2) is 0 Å². The van der Waals surface area contributed by atoms with Crippen molar-refractivity contribution in [1.29, 1.82) is 0 Å². The van der Waals surface area contributed by atoms with Crippen LogP contribution in [0.2, 0.25) is 0 Å². The summed E-state index contributed by atoms with van der Waals surface area (Å²) >= 11 is 0. The van der Waals surface area contributed by atoms with E-state index in [4.69, 9.17) is 11.5 Å². The minimum Gasteiger partial charge on any atom is -0.327 e. The Morgan fingerprint density at radius 3 is 1.50 bits per heavy atom. The van der Waals surface area contributed by atoms with Gasteiger partial charge in [0.2, 0.25) is 0 Å². The molecule has 0 aliphatic rings. The predicted octanol–water partition coefficient (Wildman–Crippen LogP) is 1.06. The van der Waals surface area contributed by atoms with Crippen LogP contribution in [0.5, 0.6) is 0 Å². The molecule has 0 spiro atoms. The third-order valence-electron chi connectivity index (χ3n) is 0.745. The minimum atomic E-state index is 0.297. The highest BCUT2D eigenvalue weighted by Crippen LogP contribution is 2.21. The SMILES string of the molecule is C[C@@H](N)CSSC[C@@H](C)N. The first-order chi connectivity index (χ1) is 4.63. The molecule has 0 saturated heterocycles. The van der Waals surface area contributed by atoms with E-state index in [0.717, 1.165) is 11.5 Å². The summed E-state index contributed by atoms with van der Waals surface area (Å²) in [4.78, 5) is 0. The summed E-state index contributed by atoms with van der Waals surface area (Å²) < 4.78 is 0. The highest BCUT2D eigenvalue weighted by atomic mass is 33.1. The molecule has 0 fully saturated rings. The Hall–Kier alpha value is 0.620. The fourth-order valence-electron chi connectivity index (χ4n) is 0.311. The largest absolute Gasteiger partial charge is 0.327 e. The van der Waals surface area contributed by atoms with E-state index in [0.29, 0.717) is 12.1 Å². The van der Waals surface area contributed by atoms with E-state index in [2.05, 4.69) is 0 Å². The normalized spacial score (nSPS) is 16.8. The molecule has 0 aromatic heterocycles. The van der Waals surface area contributed by atoms with Crippen LogP contribution in [0.15, 0.2) is 0 Å². The van der Waals surface area contributed by atoms with Crippen molar-refractivity contribution in [1.82, 2.24) is 0 Å². The van der Waals surface area contributed by atoms with Crippen molar-refractivity contribution in [3.05, 3.63) is 0 Å². The van der Waals surface area contributed by atoms with E-state index >= 15 is 0 Å². The Morgan fingerprint density at radius 2 is 1.30 bits per heavy atom. The Bertz CT molecular complexity index is 66.1. The molecule has 0 heterocycles. The maximum atomic E-state index is 5.54. The van der Waals surface area contributed by atoms with Crippen molar-refractivity contribution < 1.29 is 0 Å². The van der Waals surface area contributed by atoms with Gasteiger partial charge < -0.3 is 11.5 Å². The smallest absolute Gasteiger partial charge is 0.0186 e. The third kappa shape index (κ3) is 8.62. The van der Waals surface area contributed by atoms with Gasteiger partial charge in [-0.3, -0.25) is 0 Å². The zero-order chi connectivity index (χ0) is 7.98. The number of rotatable bonds is 5. The van der Waals surface area contributed by atoms with E-state index < -0.39 is 0 Å². The van der Waals surface area contributed by atoms with Crippen LogP contribution >= 0.6 is 21.6 Å². The fourth-order valence-corrected chi connectivity index (χ4v) is 2.80. The van der Waals surface area contributed by atoms with E-state index in [9.17, 15) is 0 Å². The topological polar surface area (TPSA) is 52.0 Å². The van der Waals surface area contributed by atoms with Crippen molar-refractivity contribution in [3.8, 4) is 0 Å². The molecular formula is C6H16N2S2. The molecule has 0 aliphatic carbocycles. The summed E-state index contributed by atoms with van der Waals surface area (Å²) in [6, 6.07) is 0.594. The van der Waals surface area contributed by atoms with E-state index in [1.54, 1.807) is 21.6 Å². The van der Waals surface area contributed by atoms with Gasteiger partial charge in [0.05, 0.1) is 0 Å². The lowest BCUT2D eigenvalue weighted by atomic mass is 10.4. The van der Waals surface area contributed by atoms with Crippen LogP contribution in [0.3, 0.4) is 0 Å². The van der Waals surface area contributed by atoms with Gasteiger partial charge in [0.15, 0.2) is 0 Å². The molecule has 2 atom stereocenters. The first-order valence-corrected chi connectivity index (χ1v) is 5.87. The lowest BCUT2D eigenvalue weighted by Crippen LogP contribution is -2.19. The Balaban J connectivity index is 2.91. The molecule has 0 bridgehead atoms. The molecule has 4 N–H and O–H groups in total. The number of nitrogens with two attached hydrogens (primary N) is 2. The van der Waals surface area contributed by atoms with E-state index in [1.807, 2.05) is 13.8 Å². The maximum Gasteiger partial charge on any atom is 0.0186 e. The molecule has 0 rings (SSSR count). The van der Waals surface area contributed by atoms with Crippen molar-refractivity contribution in [2.24, 2.45) is 11.5 Å². The van der Waals surface area contributed by atoms with Crippen molar-refractivity contribution in [2.45, 2.75) is 25.9 Å². The molecule has 0 amide bonds. The first-order valence-electron chi connectivity index (χ1n) is 3.38. The average molecular weight is 180 g/mol. The van der Waals surface area contributed by atoms with Crippen LogP contribution in [0.4, 0.5) is 0 Å². The fraction of sp³-hybridized carbons (Fsp3) is 1.00. The second kappa shape index (κ2) is 6.34. The average Bonchev–Trinajstić information content (AvgIpc) is 1.79. The minimum absolute atomic E-state index is 0.297. The van der Waals surface area contributed by atoms with Gasteiger partial charge in [-0.1, -0.05) is 21.6 Å². The third-order valence-corrected chi connectivity index (χ3v) is 3.55. The first kappa shape index (κ1) is 10.6. The lowest BCUT2D eigenvalue weighted by Gasteiger charge is -2.05. The molecule has 0 aliphatic heterocycles. The highest BCUT2D eigenvalue weighted by molar-refractivity contribution is 8.76. The Kier molecular flexibility index (Phi) is 6.73. The van der Waals surface area contributed by atoms with Gasteiger partial charge >= 0.3 is 0 Å². The molecule has 0 aromatic carbocycles. The molecule has 0 saturated carbocycles. The molecule has 10 heavy (non-hydrogen) atoms. The van der Waals surface area contributed by atoms with Crippen molar-refractivity contribution in [3.63, 3.8) is 0 Å². The van der Waals surface area contributed by atoms with Crippen LogP contribution in [0, 0.1) is 0 Å². The van der Waals surface area contributed by atoms with Crippen LogP contribution in [-0.2, 0) is 0 Å². The molecule has 4 heteroatoms. The molecule has 0 radical (unpaired) electrons. The number of hydrogen-bond donors (Lipinski definition) is 2. The van der Waals surface area contributed by atoms with Gasteiger partial charge in [0, 0.05) is 23.6 Å². The second-order valence-corrected chi connectivity index (χ2v) is 5.08. The van der Waals surface area contributed by atoms with Crippen LogP contribution in [0.1, 0.15) is 13.8 Å².